The monoisotopic (exact) mass is 266 g/mol. The molecular formula is C11H14N4O4. The fourth-order valence-electron chi connectivity index (χ4n) is 1.27. The lowest BCUT2D eigenvalue weighted by molar-refractivity contribution is -0.140. The normalized spacial score (nSPS) is 11.4. The number of hydrogen-bond donors (Lipinski definition) is 4. The molecule has 0 aliphatic rings. The van der Waals surface area contributed by atoms with Gasteiger partial charge in [-0.1, -0.05) is 0 Å². The Balaban J connectivity index is 2.59. The van der Waals surface area contributed by atoms with Crippen LogP contribution in [-0.4, -0.2) is 34.0 Å². The Kier molecular flexibility index (Phi) is 4.81. The summed E-state index contributed by atoms with van der Waals surface area (Å²) in [5, 5.41) is 13.3. The lowest BCUT2D eigenvalue weighted by Crippen LogP contribution is -2.45. The Morgan fingerprint density at radius 3 is 2.58 bits per heavy atom. The summed E-state index contributed by atoms with van der Waals surface area (Å²) in [6, 6.07) is 1.19. The fourth-order valence-corrected chi connectivity index (χ4v) is 1.27. The Hall–Kier alpha value is -2.64. The molecule has 5 N–H and O–H groups in total. The minimum absolute atomic E-state index is 0.409. The van der Waals surface area contributed by atoms with E-state index in [0.717, 1.165) is 5.69 Å². The molecule has 1 aromatic heterocycles. The van der Waals surface area contributed by atoms with Crippen molar-refractivity contribution >= 4 is 23.6 Å². The highest BCUT2D eigenvalue weighted by Gasteiger charge is 2.22. The number of carbonyl (C=O) groups is 3. The van der Waals surface area contributed by atoms with Crippen LogP contribution in [0.2, 0.25) is 0 Å². The number of amides is 3. The number of nitrogens with zero attached hydrogens (tertiary/aromatic N) is 1. The number of aromatic nitrogens is 1. The molecule has 0 fully saturated rings. The van der Waals surface area contributed by atoms with Gasteiger partial charge in [0, 0.05) is 5.69 Å². The van der Waals surface area contributed by atoms with Gasteiger partial charge in [0.15, 0.2) is 0 Å². The highest BCUT2D eigenvalue weighted by atomic mass is 16.4. The van der Waals surface area contributed by atoms with Gasteiger partial charge in [0.25, 0.3) is 0 Å². The number of aryl methyl sites for hydroxylation is 1. The van der Waals surface area contributed by atoms with Crippen molar-refractivity contribution < 1.29 is 19.5 Å². The Bertz CT molecular complexity index is 486. The number of urea groups is 1. The molecule has 8 heteroatoms. The van der Waals surface area contributed by atoms with E-state index in [4.69, 9.17) is 10.8 Å². The second-order valence-corrected chi connectivity index (χ2v) is 3.85. The zero-order valence-electron chi connectivity index (χ0n) is 10.2. The minimum Gasteiger partial charge on any atom is -0.480 e. The maximum Gasteiger partial charge on any atom is 0.326 e. The molecule has 0 aliphatic heterocycles. The third-order valence-corrected chi connectivity index (χ3v) is 2.18. The molecule has 0 bridgehead atoms. The van der Waals surface area contributed by atoms with Gasteiger partial charge in [-0.2, -0.15) is 0 Å². The first-order valence-corrected chi connectivity index (χ1v) is 5.39. The molecule has 0 aromatic carbocycles. The van der Waals surface area contributed by atoms with Gasteiger partial charge in [0.2, 0.25) is 5.91 Å². The summed E-state index contributed by atoms with van der Waals surface area (Å²) in [6.07, 6.45) is 0.952. The summed E-state index contributed by atoms with van der Waals surface area (Å²) in [5.74, 6) is -2.15. The average Bonchev–Trinajstić information content (AvgIpc) is 2.30. The third-order valence-electron chi connectivity index (χ3n) is 2.18. The second-order valence-electron chi connectivity index (χ2n) is 3.85. The summed E-state index contributed by atoms with van der Waals surface area (Å²) in [7, 11) is 0. The zero-order valence-corrected chi connectivity index (χ0v) is 10.2. The molecule has 102 valence electrons. The van der Waals surface area contributed by atoms with Crippen molar-refractivity contribution in [3.63, 3.8) is 0 Å². The van der Waals surface area contributed by atoms with Gasteiger partial charge in [-0.05, 0) is 19.1 Å². The van der Waals surface area contributed by atoms with Crippen molar-refractivity contribution in [3.05, 3.63) is 24.0 Å². The first-order valence-electron chi connectivity index (χ1n) is 5.39. The van der Waals surface area contributed by atoms with Gasteiger partial charge in [0.05, 0.1) is 18.3 Å². The summed E-state index contributed by atoms with van der Waals surface area (Å²) in [6.45, 7) is 1.79. The van der Waals surface area contributed by atoms with Gasteiger partial charge in [-0.3, -0.25) is 9.78 Å². The number of carbonyl (C=O) groups excluding carboxylic acids is 2. The Morgan fingerprint density at radius 1 is 1.42 bits per heavy atom. The molecule has 1 aromatic rings. The van der Waals surface area contributed by atoms with E-state index < -0.39 is 30.4 Å². The van der Waals surface area contributed by atoms with Crippen LogP contribution in [0.15, 0.2) is 18.3 Å². The molecule has 1 rings (SSSR count). The smallest absolute Gasteiger partial charge is 0.326 e. The van der Waals surface area contributed by atoms with E-state index in [0.29, 0.717) is 5.69 Å². The molecule has 19 heavy (non-hydrogen) atoms. The van der Waals surface area contributed by atoms with Crippen molar-refractivity contribution in [1.82, 2.24) is 10.3 Å². The SMILES string of the molecule is Cc1ccc(NC(=O)N[C@@H](CC(N)=O)C(=O)O)cn1. The Labute approximate surface area is 109 Å². The quantitative estimate of drug-likeness (QED) is 0.587. The Morgan fingerprint density at radius 2 is 2.11 bits per heavy atom. The van der Waals surface area contributed by atoms with E-state index in [1.54, 1.807) is 19.1 Å². The fraction of sp³-hybridized carbons (Fsp3) is 0.273. The molecule has 8 nitrogen and oxygen atoms in total. The first kappa shape index (κ1) is 14.4. The molecule has 0 saturated carbocycles. The number of nitrogens with one attached hydrogen (secondary N) is 2. The number of pyridine rings is 1. The predicted molar refractivity (Wildman–Crippen MR) is 66.4 cm³/mol. The van der Waals surface area contributed by atoms with E-state index in [1.165, 1.54) is 6.20 Å². The van der Waals surface area contributed by atoms with Crippen LogP contribution in [0.1, 0.15) is 12.1 Å². The molecule has 0 unspecified atom stereocenters. The van der Waals surface area contributed by atoms with Crippen LogP contribution < -0.4 is 16.4 Å². The number of rotatable bonds is 5. The van der Waals surface area contributed by atoms with Gasteiger partial charge in [0.1, 0.15) is 6.04 Å². The molecular weight excluding hydrogens is 252 g/mol. The summed E-state index contributed by atoms with van der Waals surface area (Å²) < 4.78 is 0. The van der Waals surface area contributed by atoms with Crippen LogP contribution in [-0.2, 0) is 9.59 Å². The van der Waals surface area contributed by atoms with Gasteiger partial charge in [-0.25, -0.2) is 9.59 Å². The zero-order chi connectivity index (χ0) is 14.4. The largest absolute Gasteiger partial charge is 0.480 e. The third kappa shape index (κ3) is 5.02. The van der Waals surface area contributed by atoms with Crippen molar-refractivity contribution in [2.45, 2.75) is 19.4 Å². The topological polar surface area (TPSA) is 134 Å². The number of nitrogens with two attached hydrogens (primary N) is 1. The number of carboxylic acids is 1. The van der Waals surface area contributed by atoms with Crippen LogP contribution in [0.5, 0.6) is 0 Å². The van der Waals surface area contributed by atoms with Crippen LogP contribution >= 0.6 is 0 Å². The van der Waals surface area contributed by atoms with Crippen LogP contribution in [0.25, 0.3) is 0 Å². The molecule has 1 atom stereocenters. The highest BCUT2D eigenvalue weighted by Crippen LogP contribution is 2.05. The van der Waals surface area contributed by atoms with Crippen molar-refractivity contribution in [2.75, 3.05) is 5.32 Å². The number of anilines is 1. The van der Waals surface area contributed by atoms with Crippen LogP contribution in [0.4, 0.5) is 10.5 Å². The van der Waals surface area contributed by atoms with E-state index in [2.05, 4.69) is 15.6 Å². The number of aliphatic carboxylic acids is 1. The number of hydrogen-bond acceptors (Lipinski definition) is 4. The van der Waals surface area contributed by atoms with Gasteiger partial charge in [-0.15, -0.1) is 0 Å². The van der Waals surface area contributed by atoms with Crippen molar-refractivity contribution in [3.8, 4) is 0 Å². The summed E-state index contributed by atoms with van der Waals surface area (Å²) in [5.41, 5.74) is 6.08. The summed E-state index contributed by atoms with van der Waals surface area (Å²) >= 11 is 0. The predicted octanol–water partition coefficient (Wildman–Crippen LogP) is -0.160. The molecule has 0 aliphatic carbocycles. The number of primary amides is 1. The van der Waals surface area contributed by atoms with Crippen molar-refractivity contribution in [2.24, 2.45) is 5.73 Å². The van der Waals surface area contributed by atoms with E-state index in [1.807, 2.05) is 0 Å². The molecule has 3 amide bonds. The first-order chi connectivity index (χ1) is 8.88. The highest BCUT2D eigenvalue weighted by molar-refractivity contribution is 5.93. The van der Waals surface area contributed by atoms with E-state index in [-0.39, 0.29) is 0 Å². The molecule has 0 radical (unpaired) electrons. The van der Waals surface area contributed by atoms with Crippen LogP contribution in [0.3, 0.4) is 0 Å². The minimum atomic E-state index is -1.36. The molecule has 0 saturated heterocycles. The van der Waals surface area contributed by atoms with E-state index >= 15 is 0 Å². The van der Waals surface area contributed by atoms with Gasteiger partial charge >= 0.3 is 12.0 Å². The lowest BCUT2D eigenvalue weighted by atomic mass is 10.2. The number of carboxylic acid groups (broad SMARTS) is 1. The van der Waals surface area contributed by atoms with Gasteiger partial charge < -0.3 is 21.5 Å². The lowest BCUT2D eigenvalue weighted by Gasteiger charge is -2.13. The molecule has 1 heterocycles. The standard InChI is InChI=1S/C11H14N4O4/c1-6-2-3-7(5-13-6)14-11(19)15-8(10(17)18)4-9(12)16/h2-3,5,8H,4H2,1H3,(H2,12,16)(H,17,18)(H2,14,15,19)/t8-/m0/s1. The maximum atomic E-state index is 11.5. The van der Waals surface area contributed by atoms with E-state index in [9.17, 15) is 14.4 Å². The second kappa shape index (κ2) is 6.34. The van der Waals surface area contributed by atoms with Crippen molar-refractivity contribution in [1.29, 1.82) is 0 Å². The average molecular weight is 266 g/mol. The van der Waals surface area contributed by atoms with Crippen LogP contribution in [0, 0.1) is 6.92 Å². The maximum absolute atomic E-state index is 11.5. The summed E-state index contributed by atoms with van der Waals surface area (Å²) in [4.78, 5) is 37.0. The molecule has 0 spiro atoms.